The lowest BCUT2D eigenvalue weighted by Crippen LogP contribution is -2.46. The largest absolute Gasteiger partial charge is 0.367 e. The van der Waals surface area contributed by atoms with Gasteiger partial charge >= 0.3 is 0 Å². The normalized spacial score (nSPS) is 22.0. The first-order chi connectivity index (χ1) is 8.15. The molecule has 1 amide bonds. The number of halogens is 1. The van der Waals surface area contributed by atoms with E-state index in [0.29, 0.717) is 6.42 Å². The first kappa shape index (κ1) is 12.1. The first-order valence-corrected chi connectivity index (χ1v) is 6.04. The molecular weight excluding hydrogens is 238 g/mol. The Hall–Kier alpha value is -1.32. The molecule has 0 fully saturated rings. The SMILES string of the molecule is O=C(CCCl)NC1(O)CC=Cc2ccccc21. The van der Waals surface area contributed by atoms with E-state index in [1.807, 2.05) is 36.4 Å². The van der Waals surface area contributed by atoms with Gasteiger partial charge in [-0.1, -0.05) is 36.4 Å². The van der Waals surface area contributed by atoms with E-state index in [9.17, 15) is 9.90 Å². The fourth-order valence-corrected chi connectivity index (χ4v) is 2.15. The average Bonchev–Trinajstić information content (AvgIpc) is 2.29. The Morgan fingerprint density at radius 1 is 1.47 bits per heavy atom. The summed E-state index contributed by atoms with van der Waals surface area (Å²) in [7, 11) is 0. The molecule has 1 unspecified atom stereocenters. The van der Waals surface area contributed by atoms with Gasteiger partial charge in [0.1, 0.15) is 0 Å². The zero-order valence-electron chi connectivity index (χ0n) is 9.32. The molecule has 0 spiro atoms. The van der Waals surface area contributed by atoms with E-state index in [4.69, 9.17) is 11.6 Å². The van der Waals surface area contributed by atoms with E-state index >= 15 is 0 Å². The minimum atomic E-state index is -1.31. The van der Waals surface area contributed by atoms with Crippen LogP contribution in [-0.2, 0) is 10.5 Å². The third kappa shape index (κ3) is 2.51. The van der Waals surface area contributed by atoms with Crippen molar-refractivity contribution < 1.29 is 9.90 Å². The van der Waals surface area contributed by atoms with Crippen LogP contribution in [0.25, 0.3) is 6.08 Å². The number of alkyl halides is 1. The van der Waals surface area contributed by atoms with Crippen molar-refractivity contribution in [3.05, 3.63) is 41.5 Å². The summed E-state index contributed by atoms with van der Waals surface area (Å²) in [5.74, 6) is 0.00644. The molecule has 1 aliphatic rings. The topological polar surface area (TPSA) is 49.3 Å². The van der Waals surface area contributed by atoms with Crippen molar-refractivity contribution in [1.29, 1.82) is 0 Å². The maximum absolute atomic E-state index is 11.5. The minimum absolute atomic E-state index is 0.204. The molecule has 1 aromatic carbocycles. The zero-order valence-corrected chi connectivity index (χ0v) is 10.1. The molecule has 3 nitrogen and oxygen atoms in total. The van der Waals surface area contributed by atoms with Crippen molar-refractivity contribution in [1.82, 2.24) is 5.32 Å². The van der Waals surface area contributed by atoms with Crippen LogP contribution >= 0.6 is 11.6 Å². The highest BCUT2D eigenvalue weighted by atomic mass is 35.5. The van der Waals surface area contributed by atoms with Crippen molar-refractivity contribution >= 4 is 23.6 Å². The Kier molecular flexibility index (Phi) is 3.50. The molecule has 17 heavy (non-hydrogen) atoms. The van der Waals surface area contributed by atoms with E-state index in [-0.39, 0.29) is 18.2 Å². The first-order valence-electron chi connectivity index (χ1n) is 5.51. The summed E-state index contributed by atoms with van der Waals surface area (Å²) in [5, 5.41) is 13.1. The van der Waals surface area contributed by atoms with Gasteiger partial charge in [-0.2, -0.15) is 0 Å². The van der Waals surface area contributed by atoms with E-state index < -0.39 is 5.72 Å². The van der Waals surface area contributed by atoms with Crippen molar-refractivity contribution in [3.63, 3.8) is 0 Å². The van der Waals surface area contributed by atoms with Crippen LogP contribution < -0.4 is 5.32 Å². The maximum atomic E-state index is 11.5. The summed E-state index contributed by atoms with van der Waals surface area (Å²) >= 11 is 5.50. The van der Waals surface area contributed by atoms with Gasteiger partial charge in [-0.3, -0.25) is 4.79 Å². The molecule has 1 atom stereocenters. The van der Waals surface area contributed by atoms with Crippen LogP contribution in [0.4, 0.5) is 0 Å². The maximum Gasteiger partial charge on any atom is 0.223 e. The fraction of sp³-hybridized carbons (Fsp3) is 0.308. The molecule has 0 saturated carbocycles. The smallest absolute Gasteiger partial charge is 0.223 e. The highest BCUT2D eigenvalue weighted by molar-refractivity contribution is 6.18. The predicted octanol–water partition coefficient (Wildman–Crippen LogP) is 1.99. The number of aliphatic hydroxyl groups is 1. The molecule has 1 aromatic rings. The third-order valence-electron chi connectivity index (χ3n) is 2.78. The second-order valence-corrected chi connectivity index (χ2v) is 4.42. The van der Waals surface area contributed by atoms with Crippen molar-refractivity contribution in [3.8, 4) is 0 Å². The van der Waals surface area contributed by atoms with E-state index in [2.05, 4.69) is 5.32 Å². The summed E-state index contributed by atoms with van der Waals surface area (Å²) in [5.41, 5.74) is 0.340. The van der Waals surface area contributed by atoms with Gasteiger partial charge in [0.05, 0.1) is 0 Å². The zero-order chi connectivity index (χ0) is 12.3. The number of benzene rings is 1. The minimum Gasteiger partial charge on any atom is -0.367 e. The number of amides is 1. The molecule has 0 heterocycles. The van der Waals surface area contributed by atoms with Crippen LogP contribution in [0.3, 0.4) is 0 Å². The van der Waals surface area contributed by atoms with Crippen molar-refractivity contribution in [2.24, 2.45) is 0 Å². The molecule has 1 aliphatic carbocycles. The van der Waals surface area contributed by atoms with E-state index in [1.54, 1.807) is 0 Å². The lowest BCUT2D eigenvalue weighted by atomic mass is 9.89. The Morgan fingerprint density at radius 3 is 3.00 bits per heavy atom. The summed E-state index contributed by atoms with van der Waals surface area (Å²) in [4.78, 5) is 11.5. The highest BCUT2D eigenvalue weighted by Gasteiger charge is 2.33. The Morgan fingerprint density at radius 2 is 2.24 bits per heavy atom. The fourth-order valence-electron chi connectivity index (χ4n) is 1.98. The molecule has 0 aliphatic heterocycles. The van der Waals surface area contributed by atoms with Crippen LogP contribution in [0, 0.1) is 0 Å². The van der Waals surface area contributed by atoms with Crippen LogP contribution in [0.1, 0.15) is 24.0 Å². The lowest BCUT2D eigenvalue weighted by Gasteiger charge is -2.32. The number of hydrogen-bond acceptors (Lipinski definition) is 2. The Bertz CT molecular complexity index is 458. The number of carbonyl (C=O) groups is 1. The molecule has 0 radical (unpaired) electrons. The van der Waals surface area contributed by atoms with Gasteiger partial charge in [0.2, 0.25) is 5.91 Å². The van der Waals surface area contributed by atoms with Crippen LogP contribution in [0.15, 0.2) is 30.3 Å². The highest BCUT2D eigenvalue weighted by Crippen LogP contribution is 2.31. The number of carbonyl (C=O) groups excluding carboxylic acids is 1. The summed E-state index contributed by atoms with van der Waals surface area (Å²) in [6, 6.07) is 7.47. The lowest BCUT2D eigenvalue weighted by molar-refractivity contribution is -0.129. The number of rotatable bonds is 3. The Balaban J connectivity index is 2.27. The molecule has 0 saturated heterocycles. The van der Waals surface area contributed by atoms with Gasteiger partial charge < -0.3 is 10.4 Å². The van der Waals surface area contributed by atoms with Gasteiger partial charge in [-0.15, -0.1) is 11.6 Å². The van der Waals surface area contributed by atoms with Gasteiger partial charge in [0, 0.05) is 24.3 Å². The van der Waals surface area contributed by atoms with Gasteiger partial charge in [0.25, 0.3) is 0 Å². The van der Waals surface area contributed by atoms with E-state index in [0.717, 1.165) is 11.1 Å². The third-order valence-corrected chi connectivity index (χ3v) is 2.97. The standard InChI is InChI=1S/C13H14ClNO2/c14-9-7-12(16)15-13(17)8-3-5-10-4-1-2-6-11(10)13/h1-6,17H,7-9H2,(H,15,16). The molecule has 0 aromatic heterocycles. The molecule has 2 rings (SSSR count). The van der Waals surface area contributed by atoms with Crippen LogP contribution in [0.5, 0.6) is 0 Å². The second kappa shape index (κ2) is 4.90. The van der Waals surface area contributed by atoms with Gasteiger partial charge in [-0.05, 0) is 5.56 Å². The monoisotopic (exact) mass is 251 g/mol. The van der Waals surface area contributed by atoms with Gasteiger partial charge in [0.15, 0.2) is 5.72 Å². The predicted molar refractivity (Wildman–Crippen MR) is 67.5 cm³/mol. The number of fused-ring (bicyclic) bond motifs is 1. The summed E-state index contributed by atoms with van der Waals surface area (Å²) in [6.45, 7) is 0. The van der Waals surface area contributed by atoms with Crippen molar-refractivity contribution in [2.75, 3.05) is 5.88 Å². The molecule has 2 N–H and O–H groups in total. The molecular formula is C13H14ClNO2. The number of nitrogens with one attached hydrogen (secondary N) is 1. The van der Waals surface area contributed by atoms with Crippen LogP contribution in [-0.4, -0.2) is 16.9 Å². The molecule has 4 heteroatoms. The molecule has 0 bridgehead atoms. The van der Waals surface area contributed by atoms with E-state index in [1.165, 1.54) is 0 Å². The number of hydrogen-bond donors (Lipinski definition) is 2. The quantitative estimate of drug-likeness (QED) is 0.638. The van der Waals surface area contributed by atoms with Crippen molar-refractivity contribution in [2.45, 2.75) is 18.6 Å². The molecule has 90 valence electrons. The Labute approximate surface area is 105 Å². The van der Waals surface area contributed by atoms with Gasteiger partial charge in [-0.25, -0.2) is 0 Å². The summed E-state index contributed by atoms with van der Waals surface area (Å²) in [6.07, 6.45) is 4.37. The average molecular weight is 252 g/mol. The summed E-state index contributed by atoms with van der Waals surface area (Å²) < 4.78 is 0. The van der Waals surface area contributed by atoms with Crippen LogP contribution in [0.2, 0.25) is 0 Å². The second-order valence-electron chi connectivity index (χ2n) is 4.04.